The number of methoxy groups -OCH3 is 1. The van der Waals surface area contributed by atoms with E-state index < -0.39 is 0 Å². The van der Waals surface area contributed by atoms with Gasteiger partial charge in [0.25, 0.3) is 0 Å². The van der Waals surface area contributed by atoms with Gasteiger partial charge in [-0.3, -0.25) is 0 Å². The topological polar surface area (TPSA) is 44.5 Å². The van der Waals surface area contributed by atoms with Crippen molar-refractivity contribution < 1.29 is 9.47 Å². The number of hydrogen-bond donors (Lipinski definition) is 1. The Hall–Kier alpha value is -1.06. The van der Waals surface area contributed by atoms with E-state index in [4.69, 9.17) is 15.2 Å². The lowest BCUT2D eigenvalue weighted by Gasteiger charge is -2.28. The molecule has 1 aliphatic rings. The molecule has 0 unspecified atom stereocenters. The van der Waals surface area contributed by atoms with E-state index in [1.165, 1.54) is 0 Å². The van der Waals surface area contributed by atoms with Crippen LogP contribution in [0.15, 0.2) is 24.3 Å². The number of nitrogens with two attached hydrogens (primary N) is 1. The Kier molecular flexibility index (Phi) is 3.80. The van der Waals surface area contributed by atoms with Gasteiger partial charge in [0.1, 0.15) is 5.75 Å². The van der Waals surface area contributed by atoms with Crippen LogP contribution in [0.3, 0.4) is 0 Å². The molecule has 2 rings (SSSR count). The van der Waals surface area contributed by atoms with Crippen LogP contribution in [0.25, 0.3) is 0 Å². The van der Waals surface area contributed by atoms with Crippen molar-refractivity contribution in [3.63, 3.8) is 0 Å². The quantitative estimate of drug-likeness (QED) is 0.850. The van der Waals surface area contributed by atoms with Gasteiger partial charge < -0.3 is 15.2 Å². The van der Waals surface area contributed by atoms with Gasteiger partial charge in [-0.25, -0.2) is 0 Å². The van der Waals surface area contributed by atoms with E-state index in [9.17, 15) is 0 Å². The fourth-order valence-corrected chi connectivity index (χ4v) is 2.20. The zero-order chi connectivity index (χ0) is 11.4. The molecule has 88 valence electrons. The maximum atomic E-state index is 6.28. The third-order valence-electron chi connectivity index (χ3n) is 3.25. The smallest absolute Gasteiger partial charge is 0.119 e. The van der Waals surface area contributed by atoms with Crippen LogP contribution in [-0.2, 0) is 4.74 Å². The van der Waals surface area contributed by atoms with Gasteiger partial charge in [-0.05, 0) is 36.5 Å². The predicted molar refractivity (Wildman–Crippen MR) is 63.5 cm³/mol. The van der Waals surface area contributed by atoms with E-state index in [1.54, 1.807) is 7.11 Å². The van der Waals surface area contributed by atoms with Crippen LogP contribution in [0, 0.1) is 5.92 Å². The van der Waals surface area contributed by atoms with Crippen molar-refractivity contribution in [1.82, 2.24) is 0 Å². The molecule has 3 heteroatoms. The standard InChI is InChI=1S/C13H19NO2/c1-15-12-4-2-3-11(9-12)13(14)10-5-7-16-8-6-10/h2-4,9-10,13H,5-8,14H2,1H3/t13-/m0/s1. The van der Waals surface area contributed by atoms with Gasteiger partial charge in [0, 0.05) is 19.3 Å². The molecule has 1 fully saturated rings. The Balaban J connectivity index is 2.09. The number of benzene rings is 1. The first kappa shape index (κ1) is 11.4. The predicted octanol–water partition coefficient (Wildman–Crippen LogP) is 2.12. The van der Waals surface area contributed by atoms with E-state index in [0.29, 0.717) is 5.92 Å². The minimum atomic E-state index is 0.0963. The highest BCUT2D eigenvalue weighted by atomic mass is 16.5. The third-order valence-corrected chi connectivity index (χ3v) is 3.25. The molecule has 0 amide bonds. The maximum Gasteiger partial charge on any atom is 0.119 e. The van der Waals surface area contributed by atoms with Crippen LogP contribution in [-0.4, -0.2) is 20.3 Å². The molecule has 1 aromatic carbocycles. The Morgan fingerprint density at radius 2 is 2.12 bits per heavy atom. The zero-order valence-corrected chi connectivity index (χ0v) is 9.69. The highest BCUT2D eigenvalue weighted by Crippen LogP contribution is 2.29. The normalized spacial score (nSPS) is 19.4. The summed E-state index contributed by atoms with van der Waals surface area (Å²) < 4.78 is 10.6. The summed E-state index contributed by atoms with van der Waals surface area (Å²) >= 11 is 0. The molecule has 1 aromatic rings. The molecule has 1 aliphatic heterocycles. The lowest BCUT2D eigenvalue weighted by molar-refractivity contribution is 0.0583. The monoisotopic (exact) mass is 221 g/mol. The molecule has 16 heavy (non-hydrogen) atoms. The molecule has 1 atom stereocenters. The third kappa shape index (κ3) is 2.54. The lowest BCUT2D eigenvalue weighted by Crippen LogP contribution is -2.27. The summed E-state index contributed by atoms with van der Waals surface area (Å²) in [5.74, 6) is 1.40. The molecule has 0 saturated carbocycles. The molecule has 1 heterocycles. The fourth-order valence-electron chi connectivity index (χ4n) is 2.20. The second-order valence-electron chi connectivity index (χ2n) is 4.25. The van der Waals surface area contributed by atoms with Gasteiger partial charge in [-0.2, -0.15) is 0 Å². The van der Waals surface area contributed by atoms with Crippen LogP contribution < -0.4 is 10.5 Å². The second kappa shape index (κ2) is 5.32. The molecule has 0 aromatic heterocycles. The average molecular weight is 221 g/mol. The highest BCUT2D eigenvalue weighted by Gasteiger charge is 2.22. The number of ether oxygens (including phenoxy) is 2. The molecule has 2 N–H and O–H groups in total. The lowest BCUT2D eigenvalue weighted by atomic mass is 9.88. The van der Waals surface area contributed by atoms with E-state index in [1.807, 2.05) is 18.2 Å². The van der Waals surface area contributed by atoms with E-state index >= 15 is 0 Å². The molecule has 1 saturated heterocycles. The fraction of sp³-hybridized carbons (Fsp3) is 0.538. The van der Waals surface area contributed by atoms with Crippen molar-refractivity contribution in [1.29, 1.82) is 0 Å². The van der Waals surface area contributed by atoms with Crippen molar-refractivity contribution in [3.8, 4) is 5.75 Å². The van der Waals surface area contributed by atoms with Crippen molar-refractivity contribution in [2.75, 3.05) is 20.3 Å². The molecule has 0 radical (unpaired) electrons. The molecular weight excluding hydrogens is 202 g/mol. The van der Waals surface area contributed by atoms with Crippen LogP contribution in [0.5, 0.6) is 5.75 Å². The molecule has 3 nitrogen and oxygen atoms in total. The summed E-state index contributed by atoms with van der Waals surface area (Å²) in [5, 5.41) is 0. The Morgan fingerprint density at radius 1 is 1.38 bits per heavy atom. The Bertz CT molecular complexity index is 334. The van der Waals surface area contributed by atoms with E-state index in [-0.39, 0.29) is 6.04 Å². The van der Waals surface area contributed by atoms with Gasteiger partial charge >= 0.3 is 0 Å². The van der Waals surface area contributed by atoms with Crippen LogP contribution >= 0.6 is 0 Å². The van der Waals surface area contributed by atoms with Crippen molar-refractivity contribution in [2.45, 2.75) is 18.9 Å². The summed E-state index contributed by atoms with van der Waals surface area (Å²) in [5.41, 5.74) is 7.44. The van der Waals surface area contributed by atoms with Crippen molar-refractivity contribution in [2.24, 2.45) is 11.7 Å². The summed E-state index contributed by atoms with van der Waals surface area (Å²) in [6.07, 6.45) is 2.11. The SMILES string of the molecule is COc1cccc([C@@H](N)C2CCOCC2)c1. The first-order valence-electron chi connectivity index (χ1n) is 5.78. The van der Waals surface area contributed by atoms with Gasteiger partial charge in [-0.1, -0.05) is 12.1 Å². The van der Waals surface area contributed by atoms with Gasteiger partial charge in [-0.15, -0.1) is 0 Å². The van der Waals surface area contributed by atoms with E-state index in [0.717, 1.165) is 37.4 Å². The minimum Gasteiger partial charge on any atom is -0.497 e. The largest absolute Gasteiger partial charge is 0.497 e. The minimum absolute atomic E-state index is 0.0963. The van der Waals surface area contributed by atoms with Crippen molar-refractivity contribution >= 4 is 0 Å². The maximum absolute atomic E-state index is 6.28. The Labute approximate surface area is 96.5 Å². The number of rotatable bonds is 3. The van der Waals surface area contributed by atoms with Crippen LogP contribution in [0.2, 0.25) is 0 Å². The average Bonchev–Trinajstić information content (AvgIpc) is 2.39. The number of hydrogen-bond acceptors (Lipinski definition) is 3. The zero-order valence-electron chi connectivity index (χ0n) is 9.69. The Morgan fingerprint density at radius 3 is 2.81 bits per heavy atom. The van der Waals surface area contributed by atoms with Gasteiger partial charge in [0.2, 0.25) is 0 Å². The van der Waals surface area contributed by atoms with Crippen LogP contribution in [0.4, 0.5) is 0 Å². The second-order valence-corrected chi connectivity index (χ2v) is 4.25. The summed E-state index contributed by atoms with van der Waals surface area (Å²) in [4.78, 5) is 0. The molecule has 0 bridgehead atoms. The summed E-state index contributed by atoms with van der Waals surface area (Å²) in [6.45, 7) is 1.67. The van der Waals surface area contributed by atoms with E-state index in [2.05, 4.69) is 6.07 Å². The molecule has 0 spiro atoms. The first-order valence-corrected chi connectivity index (χ1v) is 5.78. The molecular formula is C13H19NO2. The highest BCUT2D eigenvalue weighted by molar-refractivity contribution is 5.30. The molecule has 0 aliphatic carbocycles. The first-order chi connectivity index (χ1) is 7.81. The summed E-state index contributed by atoms with van der Waals surface area (Å²) in [6, 6.07) is 8.13. The van der Waals surface area contributed by atoms with Crippen LogP contribution in [0.1, 0.15) is 24.4 Å². The van der Waals surface area contributed by atoms with Gasteiger partial charge in [0.15, 0.2) is 0 Å². The summed E-state index contributed by atoms with van der Waals surface area (Å²) in [7, 11) is 1.68. The van der Waals surface area contributed by atoms with Gasteiger partial charge in [0.05, 0.1) is 7.11 Å². The van der Waals surface area contributed by atoms with Crippen molar-refractivity contribution in [3.05, 3.63) is 29.8 Å².